The van der Waals surface area contributed by atoms with Crippen LogP contribution in [0.3, 0.4) is 0 Å². The van der Waals surface area contributed by atoms with Gasteiger partial charge in [0.15, 0.2) is 0 Å². The van der Waals surface area contributed by atoms with Crippen molar-refractivity contribution >= 4 is 22.9 Å². The van der Waals surface area contributed by atoms with Gasteiger partial charge in [0.25, 0.3) is 0 Å². The summed E-state index contributed by atoms with van der Waals surface area (Å²) in [6.45, 7) is 4.80. The molecule has 5 heteroatoms. The molecule has 0 spiro atoms. The van der Waals surface area contributed by atoms with E-state index in [0.717, 1.165) is 16.3 Å². The van der Waals surface area contributed by atoms with Crippen LogP contribution in [-0.2, 0) is 6.54 Å². The summed E-state index contributed by atoms with van der Waals surface area (Å²) in [6.07, 6.45) is 0. The summed E-state index contributed by atoms with van der Waals surface area (Å²) >= 11 is 7.19. The average Bonchev–Trinajstić information content (AvgIpc) is 2.78. The second-order valence-corrected chi connectivity index (χ2v) is 5.16. The Bertz CT molecular complexity index is 536. The molecule has 0 atom stereocenters. The highest BCUT2D eigenvalue weighted by molar-refractivity contribution is 7.13. The van der Waals surface area contributed by atoms with Gasteiger partial charge >= 0.3 is 0 Å². The topological polar surface area (TPSA) is 24.9 Å². The summed E-state index contributed by atoms with van der Waals surface area (Å²) in [5, 5.41) is 6.56. The lowest BCUT2D eigenvalue weighted by atomic mass is 10.2. The summed E-state index contributed by atoms with van der Waals surface area (Å²) < 4.78 is 12.8. The van der Waals surface area contributed by atoms with Crippen molar-refractivity contribution in [3.8, 4) is 10.6 Å². The molecular formula is C13H12ClFN2S. The average molecular weight is 283 g/mol. The molecule has 1 heterocycles. The van der Waals surface area contributed by atoms with E-state index in [1.807, 2.05) is 5.38 Å². The zero-order chi connectivity index (χ0) is 13.0. The molecule has 18 heavy (non-hydrogen) atoms. The van der Waals surface area contributed by atoms with Crippen molar-refractivity contribution in [1.82, 2.24) is 10.3 Å². The molecule has 1 aromatic heterocycles. The number of halogens is 2. The SMILES string of the molecule is C=C(Cl)CNCc1csc(-c2ccc(F)cc2)n1. The van der Waals surface area contributed by atoms with E-state index in [4.69, 9.17) is 11.6 Å². The first kappa shape index (κ1) is 13.2. The van der Waals surface area contributed by atoms with Crippen molar-refractivity contribution in [1.29, 1.82) is 0 Å². The molecule has 0 saturated heterocycles. The summed E-state index contributed by atoms with van der Waals surface area (Å²) in [5.74, 6) is -0.238. The predicted octanol–water partition coefficient (Wildman–Crippen LogP) is 3.79. The van der Waals surface area contributed by atoms with Crippen molar-refractivity contribution in [2.24, 2.45) is 0 Å². The standard InChI is InChI=1S/C13H12ClFN2S/c1-9(14)6-16-7-12-8-18-13(17-12)10-2-4-11(15)5-3-10/h2-5,8,16H,1,6-7H2. The van der Waals surface area contributed by atoms with Crippen molar-refractivity contribution in [3.05, 3.63) is 52.8 Å². The highest BCUT2D eigenvalue weighted by Crippen LogP contribution is 2.23. The van der Waals surface area contributed by atoms with Crippen LogP contribution in [0.25, 0.3) is 10.6 Å². The molecule has 0 unspecified atom stereocenters. The number of hydrogen-bond acceptors (Lipinski definition) is 3. The van der Waals surface area contributed by atoms with E-state index in [2.05, 4.69) is 16.9 Å². The summed E-state index contributed by atoms with van der Waals surface area (Å²) in [5.41, 5.74) is 1.87. The molecule has 0 bridgehead atoms. The minimum Gasteiger partial charge on any atom is -0.306 e. The zero-order valence-corrected chi connectivity index (χ0v) is 11.2. The maximum absolute atomic E-state index is 12.8. The van der Waals surface area contributed by atoms with Crippen LogP contribution in [0, 0.1) is 5.82 Å². The fourth-order valence-corrected chi connectivity index (χ4v) is 2.36. The summed E-state index contributed by atoms with van der Waals surface area (Å²) in [4.78, 5) is 4.47. The lowest BCUT2D eigenvalue weighted by Gasteiger charge is -1.99. The van der Waals surface area contributed by atoms with Crippen molar-refractivity contribution < 1.29 is 4.39 Å². The lowest BCUT2D eigenvalue weighted by molar-refractivity contribution is 0.628. The summed E-state index contributed by atoms with van der Waals surface area (Å²) in [7, 11) is 0. The second-order valence-electron chi connectivity index (χ2n) is 3.77. The van der Waals surface area contributed by atoms with Gasteiger partial charge in [-0.25, -0.2) is 9.37 Å². The molecule has 2 rings (SSSR count). The Labute approximate surface area is 114 Å². The number of hydrogen-bond donors (Lipinski definition) is 1. The van der Waals surface area contributed by atoms with Crippen LogP contribution in [0.5, 0.6) is 0 Å². The third-order valence-electron chi connectivity index (χ3n) is 2.27. The van der Waals surface area contributed by atoms with Gasteiger partial charge in [-0.15, -0.1) is 11.3 Å². The van der Waals surface area contributed by atoms with Gasteiger partial charge in [-0.05, 0) is 24.3 Å². The van der Waals surface area contributed by atoms with Crippen molar-refractivity contribution in [3.63, 3.8) is 0 Å². The van der Waals surface area contributed by atoms with Gasteiger partial charge < -0.3 is 5.32 Å². The Hall–Kier alpha value is -1.23. The molecule has 94 valence electrons. The number of benzene rings is 1. The van der Waals surface area contributed by atoms with Gasteiger partial charge in [-0.2, -0.15) is 0 Å². The maximum atomic E-state index is 12.8. The molecule has 0 aliphatic rings. The Balaban J connectivity index is 2.01. The fraction of sp³-hybridized carbons (Fsp3) is 0.154. The molecule has 0 aliphatic carbocycles. The number of rotatable bonds is 5. The molecule has 0 saturated carbocycles. The van der Waals surface area contributed by atoms with E-state index >= 15 is 0 Å². The number of nitrogens with one attached hydrogen (secondary N) is 1. The maximum Gasteiger partial charge on any atom is 0.123 e. The molecule has 1 aromatic carbocycles. The summed E-state index contributed by atoms with van der Waals surface area (Å²) in [6, 6.07) is 6.33. The quantitative estimate of drug-likeness (QED) is 0.902. The van der Waals surface area contributed by atoms with Gasteiger partial charge in [0.1, 0.15) is 10.8 Å². The van der Waals surface area contributed by atoms with Gasteiger partial charge in [-0.1, -0.05) is 18.2 Å². The largest absolute Gasteiger partial charge is 0.306 e. The van der Waals surface area contributed by atoms with Crippen LogP contribution in [0.4, 0.5) is 4.39 Å². The van der Waals surface area contributed by atoms with Crippen LogP contribution < -0.4 is 5.32 Å². The monoisotopic (exact) mass is 282 g/mol. The molecule has 2 aromatic rings. The third-order valence-corrected chi connectivity index (χ3v) is 3.34. The molecule has 2 nitrogen and oxygen atoms in total. The Morgan fingerprint density at radius 2 is 2.11 bits per heavy atom. The van der Waals surface area contributed by atoms with Gasteiger partial charge in [0.05, 0.1) is 5.69 Å². The first-order valence-corrected chi connectivity index (χ1v) is 6.65. The Morgan fingerprint density at radius 3 is 2.78 bits per heavy atom. The van der Waals surface area contributed by atoms with Crippen LogP contribution >= 0.6 is 22.9 Å². The Morgan fingerprint density at radius 1 is 1.39 bits per heavy atom. The van der Waals surface area contributed by atoms with E-state index in [-0.39, 0.29) is 5.82 Å². The van der Waals surface area contributed by atoms with E-state index < -0.39 is 0 Å². The van der Waals surface area contributed by atoms with Gasteiger partial charge in [-0.3, -0.25) is 0 Å². The van der Waals surface area contributed by atoms with Crippen molar-refractivity contribution in [2.75, 3.05) is 6.54 Å². The van der Waals surface area contributed by atoms with Gasteiger partial charge in [0.2, 0.25) is 0 Å². The number of aromatic nitrogens is 1. The molecule has 0 aliphatic heterocycles. The highest BCUT2D eigenvalue weighted by Gasteiger charge is 2.04. The predicted molar refractivity (Wildman–Crippen MR) is 74.2 cm³/mol. The zero-order valence-electron chi connectivity index (χ0n) is 9.62. The number of thiazole rings is 1. The molecule has 0 fully saturated rings. The fourth-order valence-electron chi connectivity index (χ4n) is 1.44. The molecule has 0 amide bonds. The minimum absolute atomic E-state index is 0.238. The highest BCUT2D eigenvalue weighted by atomic mass is 35.5. The second kappa shape index (κ2) is 6.09. The smallest absolute Gasteiger partial charge is 0.123 e. The third kappa shape index (κ3) is 3.63. The molecular weight excluding hydrogens is 271 g/mol. The number of nitrogens with zero attached hydrogens (tertiary/aromatic N) is 1. The van der Waals surface area contributed by atoms with Crippen LogP contribution in [-0.4, -0.2) is 11.5 Å². The van der Waals surface area contributed by atoms with Crippen LogP contribution in [0.15, 0.2) is 41.3 Å². The first-order chi connectivity index (χ1) is 8.65. The lowest BCUT2D eigenvalue weighted by Crippen LogP contribution is -2.14. The van der Waals surface area contributed by atoms with Crippen molar-refractivity contribution in [2.45, 2.75) is 6.54 Å². The molecule has 0 radical (unpaired) electrons. The van der Waals surface area contributed by atoms with E-state index in [1.165, 1.54) is 23.5 Å². The van der Waals surface area contributed by atoms with Gasteiger partial charge in [0, 0.05) is 29.1 Å². The van der Waals surface area contributed by atoms with Crippen LogP contribution in [0.1, 0.15) is 5.69 Å². The van der Waals surface area contributed by atoms with E-state index in [0.29, 0.717) is 18.1 Å². The Kier molecular flexibility index (Phi) is 4.47. The first-order valence-electron chi connectivity index (χ1n) is 5.39. The van der Waals surface area contributed by atoms with E-state index in [1.54, 1.807) is 12.1 Å². The normalized spacial score (nSPS) is 10.6. The molecule has 1 N–H and O–H groups in total. The van der Waals surface area contributed by atoms with E-state index in [9.17, 15) is 4.39 Å². The van der Waals surface area contributed by atoms with Crippen LogP contribution in [0.2, 0.25) is 0 Å². The minimum atomic E-state index is -0.238.